The van der Waals surface area contributed by atoms with Gasteiger partial charge in [0.1, 0.15) is 0 Å². The lowest BCUT2D eigenvalue weighted by atomic mass is 9.84. The van der Waals surface area contributed by atoms with Crippen LogP contribution in [0.3, 0.4) is 0 Å². The van der Waals surface area contributed by atoms with E-state index >= 15 is 0 Å². The first-order valence-electron chi connectivity index (χ1n) is 13.9. The molecule has 0 heteroatoms. The Balaban J connectivity index is 1.48. The van der Waals surface area contributed by atoms with Gasteiger partial charge in [-0.3, -0.25) is 0 Å². The molecular formula is C40H24. The molecule has 0 fully saturated rings. The summed E-state index contributed by atoms with van der Waals surface area (Å²) in [6.45, 7) is 0. The third kappa shape index (κ3) is 2.96. The van der Waals surface area contributed by atoms with Crippen LogP contribution in [0.1, 0.15) is 0 Å². The summed E-state index contributed by atoms with van der Waals surface area (Å²) < 4.78 is 0. The second-order valence-corrected chi connectivity index (χ2v) is 10.9. The van der Waals surface area contributed by atoms with Gasteiger partial charge < -0.3 is 0 Å². The minimum atomic E-state index is 1.26. The van der Waals surface area contributed by atoms with Gasteiger partial charge in [0.2, 0.25) is 0 Å². The topological polar surface area (TPSA) is 0 Å². The highest BCUT2D eigenvalue weighted by Gasteiger charge is 2.18. The standard InChI is InChI=1S/C40H24/c1-2-8-25(9-3-1)31-20-16-27-18-22-35-36(23-19-28-17-21-34(31)37(27)38(28)35)40-33-13-7-5-11-29(33)24-30-15-14-26-10-4-6-12-32(26)39(30)40/h1-24H. The third-order valence-electron chi connectivity index (χ3n) is 8.77. The van der Waals surface area contributed by atoms with E-state index in [0.717, 1.165) is 0 Å². The number of fused-ring (bicyclic) bond motifs is 4. The van der Waals surface area contributed by atoms with Gasteiger partial charge in [-0.05, 0) is 93.0 Å². The van der Waals surface area contributed by atoms with Crippen molar-refractivity contribution in [2.75, 3.05) is 0 Å². The van der Waals surface area contributed by atoms with Crippen molar-refractivity contribution in [2.45, 2.75) is 0 Å². The van der Waals surface area contributed by atoms with Crippen LogP contribution in [0.25, 0.3) is 86.9 Å². The molecule has 9 aromatic carbocycles. The Kier molecular flexibility index (Phi) is 4.42. The van der Waals surface area contributed by atoms with Gasteiger partial charge in [-0.1, -0.05) is 140 Å². The Bertz CT molecular complexity index is 2410. The van der Waals surface area contributed by atoms with Gasteiger partial charge in [0.25, 0.3) is 0 Å². The number of benzene rings is 9. The molecule has 0 bridgehead atoms. The summed E-state index contributed by atoms with van der Waals surface area (Å²) in [7, 11) is 0. The van der Waals surface area contributed by atoms with Crippen molar-refractivity contribution in [3.8, 4) is 22.3 Å². The molecule has 184 valence electrons. The van der Waals surface area contributed by atoms with Crippen molar-refractivity contribution in [2.24, 2.45) is 0 Å². The minimum Gasteiger partial charge on any atom is -0.0622 e. The second kappa shape index (κ2) is 8.15. The average molecular weight is 505 g/mol. The van der Waals surface area contributed by atoms with Gasteiger partial charge in [0, 0.05) is 0 Å². The lowest BCUT2D eigenvalue weighted by molar-refractivity contribution is 1.66. The Labute approximate surface area is 232 Å². The van der Waals surface area contributed by atoms with Crippen LogP contribution in [0.4, 0.5) is 0 Å². The lowest BCUT2D eigenvalue weighted by Crippen LogP contribution is -1.91. The summed E-state index contributed by atoms with van der Waals surface area (Å²) in [5.41, 5.74) is 5.16. The van der Waals surface area contributed by atoms with E-state index in [-0.39, 0.29) is 0 Å². The van der Waals surface area contributed by atoms with Gasteiger partial charge in [0.05, 0.1) is 0 Å². The Morgan fingerprint density at radius 2 is 0.825 bits per heavy atom. The molecule has 0 aliphatic rings. The molecule has 0 saturated carbocycles. The van der Waals surface area contributed by atoms with Gasteiger partial charge >= 0.3 is 0 Å². The maximum atomic E-state index is 2.35. The first-order valence-corrected chi connectivity index (χ1v) is 13.9. The fourth-order valence-electron chi connectivity index (χ4n) is 7.01. The van der Waals surface area contributed by atoms with Gasteiger partial charge in [-0.15, -0.1) is 0 Å². The number of hydrogen-bond donors (Lipinski definition) is 0. The summed E-state index contributed by atoms with van der Waals surface area (Å²) in [6.07, 6.45) is 0. The molecule has 0 spiro atoms. The fourth-order valence-corrected chi connectivity index (χ4v) is 7.01. The first-order chi connectivity index (χ1) is 19.8. The summed E-state index contributed by atoms with van der Waals surface area (Å²) in [5, 5.41) is 15.7. The van der Waals surface area contributed by atoms with Crippen molar-refractivity contribution in [1.82, 2.24) is 0 Å². The quantitative estimate of drug-likeness (QED) is 0.162. The molecule has 0 saturated heterocycles. The summed E-state index contributed by atoms with van der Waals surface area (Å²) in [5.74, 6) is 0. The van der Waals surface area contributed by atoms with Crippen LogP contribution in [-0.4, -0.2) is 0 Å². The summed E-state index contributed by atoms with van der Waals surface area (Å²) in [4.78, 5) is 0. The van der Waals surface area contributed by atoms with Gasteiger partial charge in [-0.25, -0.2) is 0 Å². The lowest BCUT2D eigenvalue weighted by Gasteiger charge is -2.19. The molecule has 0 atom stereocenters. The highest BCUT2D eigenvalue weighted by molar-refractivity contribution is 6.30. The molecule has 0 aliphatic carbocycles. The molecule has 0 aromatic heterocycles. The van der Waals surface area contributed by atoms with Crippen LogP contribution in [0.5, 0.6) is 0 Å². The zero-order valence-electron chi connectivity index (χ0n) is 21.9. The van der Waals surface area contributed by atoms with Crippen molar-refractivity contribution in [3.05, 3.63) is 146 Å². The van der Waals surface area contributed by atoms with Crippen LogP contribution in [0, 0.1) is 0 Å². The molecule has 9 rings (SSSR count). The van der Waals surface area contributed by atoms with Crippen molar-refractivity contribution < 1.29 is 0 Å². The number of hydrogen-bond acceptors (Lipinski definition) is 0. The molecule has 0 amide bonds. The molecule has 40 heavy (non-hydrogen) atoms. The molecule has 0 N–H and O–H groups in total. The zero-order valence-corrected chi connectivity index (χ0v) is 21.9. The van der Waals surface area contributed by atoms with Crippen LogP contribution in [0.2, 0.25) is 0 Å². The normalized spacial score (nSPS) is 12.0. The highest BCUT2D eigenvalue weighted by atomic mass is 14.2. The monoisotopic (exact) mass is 504 g/mol. The Morgan fingerprint density at radius 1 is 0.275 bits per heavy atom. The van der Waals surface area contributed by atoms with Crippen LogP contribution in [0.15, 0.2) is 146 Å². The van der Waals surface area contributed by atoms with E-state index in [4.69, 9.17) is 0 Å². The maximum absolute atomic E-state index is 2.35. The summed E-state index contributed by atoms with van der Waals surface area (Å²) in [6, 6.07) is 53.8. The predicted octanol–water partition coefficient (Wildman–Crippen LogP) is 11.4. The molecule has 0 aliphatic heterocycles. The van der Waals surface area contributed by atoms with Crippen molar-refractivity contribution >= 4 is 64.6 Å². The van der Waals surface area contributed by atoms with Gasteiger partial charge in [0.15, 0.2) is 0 Å². The van der Waals surface area contributed by atoms with E-state index in [1.807, 2.05) is 0 Å². The molecule has 0 nitrogen and oxygen atoms in total. The maximum Gasteiger partial charge on any atom is -0.00143 e. The molecular weight excluding hydrogens is 480 g/mol. The summed E-state index contributed by atoms with van der Waals surface area (Å²) >= 11 is 0. The molecule has 0 heterocycles. The predicted molar refractivity (Wildman–Crippen MR) is 174 cm³/mol. The largest absolute Gasteiger partial charge is 0.0622 e. The third-order valence-corrected chi connectivity index (χ3v) is 8.77. The van der Waals surface area contributed by atoms with Crippen LogP contribution >= 0.6 is 0 Å². The minimum absolute atomic E-state index is 1.26. The average Bonchev–Trinajstić information content (AvgIpc) is 3.03. The Morgan fingerprint density at radius 3 is 1.60 bits per heavy atom. The fraction of sp³-hybridized carbons (Fsp3) is 0. The molecule has 9 aromatic rings. The first kappa shape index (κ1) is 21.7. The Hall–Kier alpha value is -5.20. The van der Waals surface area contributed by atoms with E-state index in [1.54, 1.807) is 0 Å². The highest BCUT2D eigenvalue weighted by Crippen LogP contribution is 2.46. The van der Waals surface area contributed by atoms with E-state index in [1.165, 1.54) is 86.9 Å². The SMILES string of the molecule is c1ccc(-c2ccc3ccc4c(-c5c6ccccc6cc6ccc7ccccc7c56)ccc5ccc2c3c54)cc1. The van der Waals surface area contributed by atoms with E-state index in [9.17, 15) is 0 Å². The van der Waals surface area contributed by atoms with Crippen molar-refractivity contribution in [3.63, 3.8) is 0 Å². The van der Waals surface area contributed by atoms with E-state index < -0.39 is 0 Å². The van der Waals surface area contributed by atoms with Crippen LogP contribution in [-0.2, 0) is 0 Å². The van der Waals surface area contributed by atoms with E-state index in [2.05, 4.69) is 146 Å². The second-order valence-electron chi connectivity index (χ2n) is 10.9. The van der Waals surface area contributed by atoms with E-state index in [0.29, 0.717) is 0 Å². The smallest absolute Gasteiger partial charge is 0.00143 e. The molecule has 0 unspecified atom stereocenters. The molecule has 0 radical (unpaired) electrons. The zero-order chi connectivity index (χ0) is 26.2. The van der Waals surface area contributed by atoms with Gasteiger partial charge in [-0.2, -0.15) is 0 Å². The van der Waals surface area contributed by atoms with Crippen molar-refractivity contribution in [1.29, 1.82) is 0 Å². The number of rotatable bonds is 2. The van der Waals surface area contributed by atoms with Crippen LogP contribution < -0.4 is 0 Å².